The molecule has 1 aromatic heterocycles. The van der Waals surface area contributed by atoms with Crippen LogP contribution in [0.3, 0.4) is 0 Å². The quantitative estimate of drug-likeness (QED) is 0.713. The van der Waals surface area contributed by atoms with Crippen LogP contribution in [0.2, 0.25) is 0 Å². The SMILES string of the molecule is CCCOc1cnn(CC(O)CNC(C)C)c1. The maximum absolute atomic E-state index is 9.77. The molecule has 17 heavy (non-hydrogen) atoms. The van der Waals surface area contributed by atoms with Crippen molar-refractivity contribution in [3.8, 4) is 5.75 Å². The van der Waals surface area contributed by atoms with E-state index in [9.17, 15) is 5.11 Å². The van der Waals surface area contributed by atoms with Gasteiger partial charge in [-0.05, 0) is 6.42 Å². The maximum atomic E-state index is 9.77. The topological polar surface area (TPSA) is 59.3 Å². The Morgan fingerprint density at radius 1 is 1.53 bits per heavy atom. The van der Waals surface area contributed by atoms with Gasteiger partial charge in [0, 0.05) is 12.6 Å². The lowest BCUT2D eigenvalue weighted by Crippen LogP contribution is -2.34. The Morgan fingerprint density at radius 3 is 2.94 bits per heavy atom. The molecule has 98 valence electrons. The van der Waals surface area contributed by atoms with Gasteiger partial charge in [0.2, 0.25) is 0 Å². The lowest BCUT2D eigenvalue weighted by Gasteiger charge is -2.13. The minimum absolute atomic E-state index is 0.380. The second-order valence-corrected chi connectivity index (χ2v) is 4.46. The first-order chi connectivity index (χ1) is 8.11. The number of hydrogen-bond acceptors (Lipinski definition) is 4. The predicted octanol–water partition coefficient (Wildman–Crippen LogP) is 1.03. The minimum atomic E-state index is -0.434. The minimum Gasteiger partial charge on any atom is -0.490 e. The molecule has 0 radical (unpaired) electrons. The summed E-state index contributed by atoms with van der Waals surface area (Å²) in [6, 6.07) is 0.380. The van der Waals surface area contributed by atoms with Gasteiger partial charge < -0.3 is 15.2 Å². The maximum Gasteiger partial charge on any atom is 0.157 e. The van der Waals surface area contributed by atoms with Crippen LogP contribution in [0.25, 0.3) is 0 Å². The number of nitrogens with zero attached hydrogens (tertiary/aromatic N) is 2. The molecule has 0 fully saturated rings. The van der Waals surface area contributed by atoms with Gasteiger partial charge in [-0.2, -0.15) is 5.10 Å². The van der Waals surface area contributed by atoms with Crippen LogP contribution in [-0.2, 0) is 6.54 Å². The molecular formula is C12H23N3O2. The third-order valence-corrected chi connectivity index (χ3v) is 2.24. The highest BCUT2D eigenvalue weighted by atomic mass is 16.5. The van der Waals surface area contributed by atoms with E-state index in [1.807, 2.05) is 6.20 Å². The van der Waals surface area contributed by atoms with Crippen molar-refractivity contribution in [2.75, 3.05) is 13.2 Å². The van der Waals surface area contributed by atoms with E-state index in [-0.39, 0.29) is 0 Å². The number of ether oxygens (including phenoxy) is 1. The summed E-state index contributed by atoms with van der Waals surface area (Å²) in [5.41, 5.74) is 0. The Bertz CT molecular complexity index is 312. The summed E-state index contributed by atoms with van der Waals surface area (Å²) >= 11 is 0. The summed E-state index contributed by atoms with van der Waals surface area (Å²) in [5, 5.41) is 17.1. The second-order valence-electron chi connectivity index (χ2n) is 4.46. The van der Waals surface area contributed by atoms with Crippen LogP contribution in [0.15, 0.2) is 12.4 Å². The molecule has 1 heterocycles. The molecule has 0 spiro atoms. The molecule has 0 saturated heterocycles. The lowest BCUT2D eigenvalue weighted by atomic mass is 10.3. The summed E-state index contributed by atoms with van der Waals surface area (Å²) in [7, 11) is 0. The number of hydrogen-bond donors (Lipinski definition) is 2. The standard InChI is InChI=1S/C12H23N3O2/c1-4-5-17-12-7-14-15(9-12)8-11(16)6-13-10(2)3/h7,9-11,13,16H,4-6,8H2,1-3H3. The highest BCUT2D eigenvalue weighted by Gasteiger charge is 2.07. The van der Waals surface area contributed by atoms with Gasteiger partial charge in [-0.3, -0.25) is 4.68 Å². The molecule has 1 unspecified atom stereocenters. The van der Waals surface area contributed by atoms with Crippen LogP contribution in [0.1, 0.15) is 27.2 Å². The van der Waals surface area contributed by atoms with Gasteiger partial charge in [-0.1, -0.05) is 20.8 Å². The van der Waals surface area contributed by atoms with E-state index < -0.39 is 6.10 Å². The normalized spacial score (nSPS) is 13.0. The first-order valence-corrected chi connectivity index (χ1v) is 6.18. The Labute approximate surface area is 103 Å². The average molecular weight is 241 g/mol. The highest BCUT2D eigenvalue weighted by Crippen LogP contribution is 2.08. The molecule has 0 aliphatic rings. The smallest absolute Gasteiger partial charge is 0.157 e. The molecule has 5 heteroatoms. The molecule has 1 rings (SSSR count). The van der Waals surface area contributed by atoms with Gasteiger partial charge in [0.05, 0.1) is 31.6 Å². The predicted molar refractivity (Wildman–Crippen MR) is 67.2 cm³/mol. The highest BCUT2D eigenvalue weighted by molar-refractivity contribution is 5.11. The van der Waals surface area contributed by atoms with Crippen molar-refractivity contribution in [1.82, 2.24) is 15.1 Å². The van der Waals surface area contributed by atoms with Crippen LogP contribution < -0.4 is 10.1 Å². The third kappa shape index (κ3) is 5.70. The number of rotatable bonds is 8. The van der Waals surface area contributed by atoms with Crippen molar-refractivity contribution in [1.29, 1.82) is 0 Å². The zero-order valence-corrected chi connectivity index (χ0v) is 10.9. The molecule has 5 nitrogen and oxygen atoms in total. The van der Waals surface area contributed by atoms with E-state index in [2.05, 4.69) is 31.2 Å². The van der Waals surface area contributed by atoms with Gasteiger partial charge in [0.25, 0.3) is 0 Å². The second kappa shape index (κ2) is 7.29. The number of aliphatic hydroxyl groups excluding tert-OH is 1. The number of nitrogens with one attached hydrogen (secondary N) is 1. The molecule has 0 amide bonds. The van der Waals surface area contributed by atoms with Crippen molar-refractivity contribution < 1.29 is 9.84 Å². The van der Waals surface area contributed by atoms with E-state index in [0.29, 0.717) is 25.7 Å². The Kier molecular flexibility index (Phi) is 6.00. The molecule has 2 N–H and O–H groups in total. The molecule has 0 bridgehead atoms. The molecular weight excluding hydrogens is 218 g/mol. The van der Waals surface area contributed by atoms with Crippen LogP contribution in [0, 0.1) is 0 Å². The van der Waals surface area contributed by atoms with Gasteiger partial charge in [-0.25, -0.2) is 0 Å². The van der Waals surface area contributed by atoms with Crippen LogP contribution in [0.5, 0.6) is 5.75 Å². The van der Waals surface area contributed by atoms with Crippen molar-refractivity contribution >= 4 is 0 Å². The molecule has 0 aliphatic heterocycles. The van der Waals surface area contributed by atoms with E-state index in [1.54, 1.807) is 10.9 Å². The number of aliphatic hydroxyl groups is 1. The lowest BCUT2D eigenvalue weighted by molar-refractivity contribution is 0.144. The summed E-state index contributed by atoms with van der Waals surface area (Å²) in [6.45, 7) is 7.92. The fourth-order valence-electron chi connectivity index (χ4n) is 1.39. The summed E-state index contributed by atoms with van der Waals surface area (Å²) in [5.74, 6) is 0.760. The van der Waals surface area contributed by atoms with E-state index >= 15 is 0 Å². The average Bonchev–Trinajstić information content (AvgIpc) is 2.71. The summed E-state index contributed by atoms with van der Waals surface area (Å²) < 4.78 is 7.14. The zero-order chi connectivity index (χ0) is 12.7. The van der Waals surface area contributed by atoms with Gasteiger partial charge in [0.15, 0.2) is 5.75 Å². The Hall–Kier alpha value is -1.07. The van der Waals surface area contributed by atoms with Crippen LogP contribution in [0.4, 0.5) is 0 Å². The van der Waals surface area contributed by atoms with Gasteiger partial charge >= 0.3 is 0 Å². The first kappa shape index (κ1) is 14.0. The van der Waals surface area contributed by atoms with Crippen LogP contribution in [-0.4, -0.2) is 40.2 Å². The molecule has 0 aliphatic carbocycles. The van der Waals surface area contributed by atoms with Crippen molar-refractivity contribution in [2.24, 2.45) is 0 Å². The van der Waals surface area contributed by atoms with Gasteiger partial charge in [0.1, 0.15) is 0 Å². The van der Waals surface area contributed by atoms with Crippen LogP contribution >= 0.6 is 0 Å². The molecule has 1 aromatic rings. The van der Waals surface area contributed by atoms with Crippen molar-refractivity contribution in [3.05, 3.63) is 12.4 Å². The fraction of sp³-hybridized carbons (Fsp3) is 0.750. The van der Waals surface area contributed by atoms with E-state index in [0.717, 1.165) is 12.2 Å². The van der Waals surface area contributed by atoms with E-state index in [4.69, 9.17) is 4.74 Å². The fourth-order valence-corrected chi connectivity index (χ4v) is 1.39. The van der Waals surface area contributed by atoms with E-state index in [1.165, 1.54) is 0 Å². The zero-order valence-electron chi connectivity index (χ0n) is 10.9. The summed E-state index contributed by atoms with van der Waals surface area (Å²) in [6.07, 6.45) is 4.04. The summed E-state index contributed by atoms with van der Waals surface area (Å²) in [4.78, 5) is 0. The molecule has 0 saturated carbocycles. The molecule has 0 aromatic carbocycles. The van der Waals surface area contributed by atoms with Crippen molar-refractivity contribution in [3.63, 3.8) is 0 Å². The Morgan fingerprint density at radius 2 is 2.29 bits per heavy atom. The Balaban J connectivity index is 2.32. The largest absolute Gasteiger partial charge is 0.490 e. The van der Waals surface area contributed by atoms with Gasteiger partial charge in [-0.15, -0.1) is 0 Å². The first-order valence-electron chi connectivity index (χ1n) is 6.18. The molecule has 1 atom stereocenters. The monoisotopic (exact) mass is 241 g/mol. The van der Waals surface area contributed by atoms with Crippen molar-refractivity contribution in [2.45, 2.75) is 45.9 Å². The number of aromatic nitrogens is 2. The third-order valence-electron chi connectivity index (χ3n) is 2.24.